The number of hydrogen-bond acceptors (Lipinski definition) is 5. The van der Waals surface area contributed by atoms with Crippen molar-refractivity contribution in [2.24, 2.45) is 5.92 Å². The van der Waals surface area contributed by atoms with E-state index < -0.39 is 5.97 Å². The van der Waals surface area contributed by atoms with Gasteiger partial charge in [-0.05, 0) is 32.6 Å². The molecule has 1 fully saturated rings. The average Bonchev–Trinajstić information content (AvgIpc) is 2.32. The number of aromatic nitrogens is 3. The van der Waals surface area contributed by atoms with Gasteiger partial charge < -0.3 is 10.0 Å². The molecule has 98 valence electrons. The van der Waals surface area contributed by atoms with Crippen molar-refractivity contribution in [1.29, 1.82) is 0 Å². The van der Waals surface area contributed by atoms with Crippen LogP contribution in [0.1, 0.15) is 30.7 Å². The highest BCUT2D eigenvalue weighted by Crippen LogP contribution is 2.22. The van der Waals surface area contributed by atoms with Gasteiger partial charge in [0, 0.05) is 19.5 Å². The number of carbonyl (C=O) groups is 1. The summed E-state index contributed by atoms with van der Waals surface area (Å²) in [5.74, 6) is 0.0654. The van der Waals surface area contributed by atoms with Gasteiger partial charge in [-0.1, -0.05) is 0 Å². The van der Waals surface area contributed by atoms with Crippen LogP contribution in [0.25, 0.3) is 0 Å². The van der Waals surface area contributed by atoms with Gasteiger partial charge in [0.05, 0.1) is 11.4 Å². The molecule has 6 heteroatoms. The third-order valence-corrected chi connectivity index (χ3v) is 3.35. The molecule has 2 rings (SSSR count). The summed E-state index contributed by atoms with van der Waals surface area (Å²) in [7, 11) is 0. The third kappa shape index (κ3) is 2.94. The third-order valence-electron chi connectivity index (χ3n) is 3.35. The summed E-state index contributed by atoms with van der Waals surface area (Å²) < 4.78 is 0. The van der Waals surface area contributed by atoms with E-state index in [0.717, 1.165) is 30.8 Å². The van der Waals surface area contributed by atoms with Crippen LogP contribution < -0.4 is 4.90 Å². The van der Waals surface area contributed by atoms with Crippen LogP contribution in [0, 0.1) is 19.8 Å². The molecule has 1 unspecified atom stereocenters. The SMILES string of the molecule is Cc1nnc(N2CCCC(CC(=O)O)C2)nc1C. The summed E-state index contributed by atoms with van der Waals surface area (Å²) in [6.45, 7) is 5.37. The quantitative estimate of drug-likeness (QED) is 0.867. The summed E-state index contributed by atoms with van der Waals surface area (Å²) in [4.78, 5) is 17.2. The molecule has 18 heavy (non-hydrogen) atoms. The van der Waals surface area contributed by atoms with E-state index in [9.17, 15) is 4.79 Å². The molecule has 1 saturated heterocycles. The first kappa shape index (κ1) is 12.7. The molecule has 1 atom stereocenters. The molecule has 2 heterocycles. The minimum absolute atomic E-state index is 0.182. The molecular formula is C12H18N4O2. The molecule has 1 aromatic rings. The van der Waals surface area contributed by atoms with E-state index in [1.807, 2.05) is 18.7 Å². The van der Waals surface area contributed by atoms with Crippen molar-refractivity contribution in [2.75, 3.05) is 18.0 Å². The zero-order valence-electron chi connectivity index (χ0n) is 10.8. The number of anilines is 1. The van der Waals surface area contributed by atoms with Gasteiger partial charge in [0.15, 0.2) is 0 Å². The minimum Gasteiger partial charge on any atom is -0.481 e. The maximum Gasteiger partial charge on any atom is 0.303 e. The van der Waals surface area contributed by atoms with Crippen molar-refractivity contribution in [3.05, 3.63) is 11.4 Å². The maximum atomic E-state index is 10.7. The summed E-state index contributed by atoms with van der Waals surface area (Å²) in [5, 5.41) is 17.0. The molecule has 0 bridgehead atoms. The van der Waals surface area contributed by atoms with Gasteiger partial charge in [0.1, 0.15) is 0 Å². The second-order valence-corrected chi connectivity index (χ2v) is 4.83. The number of piperidine rings is 1. The Kier molecular flexibility index (Phi) is 3.74. The lowest BCUT2D eigenvalue weighted by Crippen LogP contribution is -2.37. The van der Waals surface area contributed by atoms with E-state index in [1.165, 1.54) is 0 Å². The van der Waals surface area contributed by atoms with E-state index in [4.69, 9.17) is 5.11 Å². The number of hydrogen-bond donors (Lipinski definition) is 1. The Morgan fingerprint density at radius 2 is 2.17 bits per heavy atom. The molecule has 0 amide bonds. The molecule has 0 saturated carbocycles. The maximum absolute atomic E-state index is 10.7. The van der Waals surface area contributed by atoms with Gasteiger partial charge in [-0.3, -0.25) is 4.79 Å². The van der Waals surface area contributed by atoms with E-state index >= 15 is 0 Å². The number of aryl methyl sites for hydroxylation is 2. The second kappa shape index (κ2) is 5.29. The zero-order chi connectivity index (χ0) is 13.1. The molecular weight excluding hydrogens is 232 g/mol. The Labute approximate surface area is 106 Å². The first-order chi connectivity index (χ1) is 8.56. The number of carboxylic acid groups (broad SMARTS) is 1. The van der Waals surface area contributed by atoms with Crippen molar-refractivity contribution in [3.8, 4) is 0 Å². The van der Waals surface area contributed by atoms with Crippen molar-refractivity contribution in [3.63, 3.8) is 0 Å². The normalized spacial score (nSPS) is 19.9. The van der Waals surface area contributed by atoms with Crippen molar-refractivity contribution in [1.82, 2.24) is 15.2 Å². The molecule has 1 N–H and O–H groups in total. The smallest absolute Gasteiger partial charge is 0.303 e. The topological polar surface area (TPSA) is 79.2 Å². The summed E-state index contributed by atoms with van der Waals surface area (Å²) in [6.07, 6.45) is 2.16. The number of rotatable bonds is 3. The predicted molar refractivity (Wildman–Crippen MR) is 66.5 cm³/mol. The predicted octanol–water partition coefficient (Wildman–Crippen LogP) is 1.18. The van der Waals surface area contributed by atoms with Crippen molar-refractivity contribution in [2.45, 2.75) is 33.1 Å². The van der Waals surface area contributed by atoms with Gasteiger partial charge in [0.2, 0.25) is 5.95 Å². The lowest BCUT2D eigenvalue weighted by Gasteiger charge is -2.31. The number of carboxylic acids is 1. The first-order valence-corrected chi connectivity index (χ1v) is 6.21. The molecule has 6 nitrogen and oxygen atoms in total. The Hall–Kier alpha value is -1.72. The Morgan fingerprint density at radius 1 is 1.39 bits per heavy atom. The largest absolute Gasteiger partial charge is 0.481 e. The Bertz CT molecular complexity index is 450. The summed E-state index contributed by atoms with van der Waals surface area (Å²) >= 11 is 0. The van der Waals surface area contributed by atoms with E-state index in [1.54, 1.807) is 0 Å². The highest BCUT2D eigenvalue weighted by Gasteiger charge is 2.24. The molecule has 0 aromatic carbocycles. The molecule has 1 aromatic heterocycles. The molecule has 1 aliphatic rings. The van der Waals surface area contributed by atoms with Crippen LogP contribution in [0.15, 0.2) is 0 Å². The average molecular weight is 250 g/mol. The van der Waals surface area contributed by atoms with Crippen LogP contribution >= 0.6 is 0 Å². The lowest BCUT2D eigenvalue weighted by molar-refractivity contribution is -0.138. The monoisotopic (exact) mass is 250 g/mol. The highest BCUT2D eigenvalue weighted by molar-refractivity contribution is 5.67. The minimum atomic E-state index is -0.735. The summed E-state index contributed by atoms with van der Waals surface area (Å²) in [5.41, 5.74) is 1.71. The molecule has 1 aliphatic heterocycles. The van der Waals surface area contributed by atoms with Gasteiger partial charge in [-0.15, -0.1) is 5.10 Å². The lowest BCUT2D eigenvalue weighted by atomic mass is 9.95. The van der Waals surface area contributed by atoms with Crippen LogP contribution in [0.4, 0.5) is 5.95 Å². The first-order valence-electron chi connectivity index (χ1n) is 6.21. The van der Waals surface area contributed by atoms with Crippen LogP contribution in [-0.2, 0) is 4.79 Å². The van der Waals surface area contributed by atoms with E-state index in [0.29, 0.717) is 12.5 Å². The number of nitrogens with zero attached hydrogens (tertiary/aromatic N) is 4. The van der Waals surface area contributed by atoms with Gasteiger partial charge in [-0.2, -0.15) is 5.10 Å². The second-order valence-electron chi connectivity index (χ2n) is 4.83. The van der Waals surface area contributed by atoms with Gasteiger partial charge >= 0.3 is 5.97 Å². The zero-order valence-corrected chi connectivity index (χ0v) is 10.8. The van der Waals surface area contributed by atoms with Crippen molar-refractivity contribution >= 4 is 11.9 Å². The van der Waals surface area contributed by atoms with Crippen LogP contribution in [0.3, 0.4) is 0 Å². The molecule has 0 aliphatic carbocycles. The van der Waals surface area contributed by atoms with Crippen LogP contribution in [0.2, 0.25) is 0 Å². The van der Waals surface area contributed by atoms with Gasteiger partial charge in [0.25, 0.3) is 0 Å². The van der Waals surface area contributed by atoms with Crippen molar-refractivity contribution < 1.29 is 9.90 Å². The molecule has 0 radical (unpaired) electrons. The van der Waals surface area contributed by atoms with Gasteiger partial charge in [-0.25, -0.2) is 4.98 Å². The fourth-order valence-electron chi connectivity index (χ4n) is 2.24. The van der Waals surface area contributed by atoms with Crippen LogP contribution in [-0.4, -0.2) is 39.3 Å². The fraction of sp³-hybridized carbons (Fsp3) is 0.667. The Balaban J connectivity index is 2.08. The van der Waals surface area contributed by atoms with E-state index in [-0.39, 0.29) is 12.3 Å². The van der Waals surface area contributed by atoms with Crippen LogP contribution in [0.5, 0.6) is 0 Å². The highest BCUT2D eigenvalue weighted by atomic mass is 16.4. The molecule has 0 spiro atoms. The standard InChI is InChI=1S/C12H18N4O2/c1-8-9(2)14-15-12(13-8)16-5-3-4-10(7-16)6-11(17)18/h10H,3-7H2,1-2H3,(H,17,18). The van der Waals surface area contributed by atoms with E-state index in [2.05, 4.69) is 15.2 Å². The summed E-state index contributed by atoms with van der Waals surface area (Å²) in [6, 6.07) is 0. The Morgan fingerprint density at radius 3 is 2.83 bits per heavy atom. The number of aliphatic carboxylic acids is 1. The fourth-order valence-corrected chi connectivity index (χ4v) is 2.24.